The molecule has 1 aliphatic rings. The average molecular weight is 331 g/mol. The third kappa shape index (κ3) is 3.14. The molecule has 2 rings (SSSR count). The number of rotatable bonds is 4. The maximum absolute atomic E-state index is 12.5. The molecule has 0 spiro atoms. The van der Waals surface area contributed by atoms with Crippen LogP contribution in [0.1, 0.15) is 36.5 Å². The van der Waals surface area contributed by atoms with Crippen molar-refractivity contribution in [2.24, 2.45) is 5.41 Å². The Morgan fingerprint density at radius 3 is 2.71 bits per heavy atom. The largest absolute Gasteiger partial charge is 0.481 e. The first-order chi connectivity index (χ1) is 9.89. The van der Waals surface area contributed by atoms with Crippen LogP contribution in [0.3, 0.4) is 0 Å². The van der Waals surface area contributed by atoms with Gasteiger partial charge < -0.3 is 10.0 Å². The minimum Gasteiger partial charge on any atom is -0.481 e. The van der Waals surface area contributed by atoms with Crippen molar-refractivity contribution < 1.29 is 14.7 Å². The molecule has 0 aliphatic carbocycles. The van der Waals surface area contributed by atoms with Crippen molar-refractivity contribution in [3.05, 3.63) is 28.0 Å². The van der Waals surface area contributed by atoms with E-state index in [1.807, 2.05) is 6.92 Å². The Balaban J connectivity index is 2.20. The fourth-order valence-corrected chi connectivity index (χ4v) is 3.18. The minimum atomic E-state index is -0.850. The van der Waals surface area contributed by atoms with E-state index in [-0.39, 0.29) is 28.3 Å². The van der Waals surface area contributed by atoms with Gasteiger partial charge in [0.05, 0.1) is 11.0 Å². The lowest BCUT2D eigenvalue weighted by Gasteiger charge is -2.24. The fraction of sp³-hybridized carbons (Fsp3) is 0.500. The number of hydrogen-bond acceptors (Lipinski definition) is 3. The van der Waals surface area contributed by atoms with Crippen molar-refractivity contribution in [2.75, 3.05) is 13.1 Å². The Labute approximate surface area is 132 Å². The molecule has 1 N–H and O–H groups in total. The van der Waals surface area contributed by atoms with Crippen LogP contribution in [0.2, 0.25) is 10.3 Å². The van der Waals surface area contributed by atoms with Gasteiger partial charge in [0.1, 0.15) is 10.3 Å². The molecule has 0 saturated carbocycles. The van der Waals surface area contributed by atoms with Crippen LogP contribution in [-0.4, -0.2) is 40.0 Å². The number of likely N-dealkylation sites (tertiary alicyclic amines) is 1. The molecule has 1 saturated heterocycles. The van der Waals surface area contributed by atoms with E-state index in [9.17, 15) is 14.7 Å². The zero-order valence-electron chi connectivity index (χ0n) is 11.6. The fourth-order valence-electron chi connectivity index (χ4n) is 2.75. The van der Waals surface area contributed by atoms with Gasteiger partial charge in [-0.15, -0.1) is 0 Å². The SMILES string of the molecule is CCCC1(C(=O)O)CCN(C(=O)c2ccc(Cl)nc2Cl)C1. The Kier molecular flexibility index (Phi) is 4.74. The quantitative estimate of drug-likeness (QED) is 0.861. The molecular weight excluding hydrogens is 315 g/mol. The zero-order chi connectivity index (χ0) is 15.6. The highest BCUT2D eigenvalue weighted by Gasteiger charge is 2.45. The number of carboxylic acid groups (broad SMARTS) is 1. The van der Waals surface area contributed by atoms with Crippen LogP contribution in [0.15, 0.2) is 12.1 Å². The number of amides is 1. The monoisotopic (exact) mass is 330 g/mol. The molecule has 2 heterocycles. The van der Waals surface area contributed by atoms with Crippen molar-refractivity contribution in [1.82, 2.24) is 9.88 Å². The molecule has 1 unspecified atom stereocenters. The van der Waals surface area contributed by atoms with E-state index in [2.05, 4.69) is 4.98 Å². The van der Waals surface area contributed by atoms with Gasteiger partial charge in [0, 0.05) is 13.1 Å². The van der Waals surface area contributed by atoms with E-state index in [4.69, 9.17) is 23.2 Å². The number of aliphatic carboxylic acids is 1. The van der Waals surface area contributed by atoms with Crippen molar-refractivity contribution in [3.63, 3.8) is 0 Å². The molecule has 21 heavy (non-hydrogen) atoms. The van der Waals surface area contributed by atoms with Crippen LogP contribution < -0.4 is 0 Å². The highest BCUT2D eigenvalue weighted by molar-refractivity contribution is 6.34. The molecule has 7 heteroatoms. The van der Waals surface area contributed by atoms with Gasteiger partial charge in [0.15, 0.2) is 0 Å². The number of halogens is 2. The highest BCUT2D eigenvalue weighted by atomic mass is 35.5. The molecule has 0 bridgehead atoms. The summed E-state index contributed by atoms with van der Waals surface area (Å²) in [6.45, 7) is 2.55. The Hall–Kier alpha value is -1.33. The third-order valence-electron chi connectivity index (χ3n) is 3.87. The van der Waals surface area contributed by atoms with Crippen molar-refractivity contribution in [2.45, 2.75) is 26.2 Å². The number of carbonyl (C=O) groups excluding carboxylic acids is 1. The van der Waals surface area contributed by atoms with E-state index in [0.29, 0.717) is 19.4 Å². The van der Waals surface area contributed by atoms with Gasteiger partial charge in [-0.1, -0.05) is 36.5 Å². The maximum atomic E-state index is 12.5. The predicted molar refractivity (Wildman–Crippen MR) is 79.8 cm³/mol. The summed E-state index contributed by atoms with van der Waals surface area (Å²) in [5.74, 6) is -1.15. The van der Waals surface area contributed by atoms with Crippen LogP contribution in [-0.2, 0) is 4.79 Å². The van der Waals surface area contributed by atoms with Gasteiger partial charge >= 0.3 is 5.97 Å². The van der Waals surface area contributed by atoms with E-state index in [0.717, 1.165) is 6.42 Å². The summed E-state index contributed by atoms with van der Waals surface area (Å²) >= 11 is 11.6. The van der Waals surface area contributed by atoms with Crippen molar-refractivity contribution >= 4 is 35.1 Å². The van der Waals surface area contributed by atoms with E-state index < -0.39 is 11.4 Å². The molecule has 1 aliphatic heterocycles. The van der Waals surface area contributed by atoms with Gasteiger partial charge in [-0.3, -0.25) is 9.59 Å². The molecule has 1 fully saturated rings. The Morgan fingerprint density at radius 2 is 2.14 bits per heavy atom. The van der Waals surface area contributed by atoms with E-state index in [1.165, 1.54) is 17.0 Å². The lowest BCUT2D eigenvalue weighted by Crippen LogP contribution is -2.37. The summed E-state index contributed by atoms with van der Waals surface area (Å²) in [5, 5.41) is 9.71. The highest BCUT2D eigenvalue weighted by Crippen LogP contribution is 2.36. The molecule has 5 nitrogen and oxygen atoms in total. The first-order valence-electron chi connectivity index (χ1n) is 6.74. The number of hydrogen-bond donors (Lipinski definition) is 1. The lowest BCUT2D eigenvalue weighted by atomic mass is 9.83. The second-order valence-corrected chi connectivity index (χ2v) is 6.03. The number of carboxylic acids is 1. The first kappa shape index (κ1) is 16.0. The number of pyridine rings is 1. The predicted octanol–water partition coefficient (Wildman–Crippen LogP) is 3.11. The molecule has 114 valence electrons. The zero-order valence-corrected chi connectivity index (χ0v) is 13.1. The summed E-state index contributed by atoms with van der Waals surface area (Å²) < 4.78 is 0. The van der Waals surface area contributed by atoms with Crippen LogP contribution in [0.5, 0.6) is 0 Å². The lowest BCUT2D eigenvalue weighted by molar-refractivity contribution is -0.148. The summed E-state index contributed by atoms with van der Waals surface area (Å²) in [6, 6.07) is 3.01. The molecular formula is C14H16Cl2N2O3. The molecule has 1 atom stereocenters. The van der Waals surface area contributed by atoms with Crippen molar-refractivity contribution in [1.29, 1.82) is 0 Å². The molecule has 0 radical (unpaired) electrons. The summed E-state index contributed by atoms with van der Waals surface area (Å²) in [5.41, 5.74) is -0.602. The van der Waals surface area contributed by atoms with Crippen LogP contribution in [0.25, 0.3) is 0 Å². The average Bonchev–Trinajstić information content (AvgIpc) is 2.84. The molecule has 1 amide bonds. The minimum absolute atomic E-state index is 0.0378. The maximum Gasteiger partial charge on any atom is 0.311 e. The number of aromatic nitrogens is 1. The smallest absolute Gasteiger partial charge is 0.311 e. The normalized spacial score (nSPS) is 21.6. The van der Waals surface area contributed by atoms with Gasteiger partial charge in [-0.25, -0.2) is 4.98 Å². The Bertz CT molecular complexity index is 579. The summed E-state index contributed by atoms with van der Waals surface area (Å²) in [4.78, 5) is 29.4. The van der Waals surface area contributed by atoms with Crippen LogP contribution >= 0.6 is 23.2 Å². The third-order valence-corrected chi connectivity index (χ3v) is 4.37. The van der Waals surface area contributed by atoms with E-state index in [1.54, 1.807) is 0 Å². The van der Waals surface area contributed by atoms with Crippen molar-refractivity contribution in [3.8, 4) is 0 Å². The first-order valence-corrected chi connectivity index (χ1v) is 7.50. The second-order valence-electron chi connectivity index (χ2n) is 5.28. The summed E-state index contributed by atoms with van der Waals surface area (Å²) in [6.07, 6.45) is 1.77. The molecule has 1 aromatic heterocycles. The second kappa shape index (κ2) is 6.20. The van der Waals surface area contributed by atoms with Gasteiger partial charge in [0.25, 0.3) is 5.91 Å². The van der Waals surface area contributed by atoms with Crippen LogP contribution in [0.4, 0.5) is 0 Å². The van der Waals surface area contributed by atoms with Crippen LogP contribution in [0, 0.1) is 5.41 Å². The topological polar surface area (TPSA) is 70.5 Å². The molecule has 1 aromatic rings. The van der Waals surface area contributed by atoms with Gasteiger partial charge in [-0.05, 0) is 25.0 Å². The van der Waals surface area contributed by atoms with E-state index >= 15 is 0 Å². The Morgan fingerprint density at radius 1 is 1.43 bits per heavy atom. The molecule has 0 aromatic carbocycles. The van der Waals surface area contributed by atoms with Gasteiger partial charge in [-0.2, -0.15) is 0 Å². The standard InChI is InChI=1S/C14H16Cl2N2O3/c1-2-5-14(13(20)21)6-7-18(8-14)12(19)9-3-4-10(15)17-11(9)16/h3-4H,2,5-8H2,1H3,(H,20,21). The number of carbonyl (C=O) groups is 2. The summed E-state index contributed by atoms with van der Waals surface area (Å²) in [7, 11) is 0. The van der Waals surface area contributed by atoms with Gasteiger partial charge in [0.2, 0.25) is 0 Å². The number of nitrogens with zero attached hydrogens (tertiary/aromatic N) is 2.